The average molecular weight is 167 g/mol. The Morgan fingerprint density at radius 2 is 1.75 bits per heavy atom. The van der Waals surface area contributed by atoms with Crippen molar-refractivity contribution in [2.75, 3.05) is 0 Å². The Hall–Kier alpha value is -1.91. The number of allylic oxidation sites excluding steroid dienone is 2. The number of carbonyl (C=O) groups is 3. The van der Waals surface area contributed by atoms with Gasteiger partial charge in [-0.25, -0.2) is 4.79 Å². The largest absolute Gasteiger partial charge is 0.478 e. The third-order valence-corrected chi connectivity index (χ3v) is 1.35. The minimum Gasteiger partial charge on any atom is -0.478 e. The summed E-state index contributed by atoms with van der Waals surface area (Å²) in [7, 11) is 0. The van der Waals surface area contributed by atoms with E-state index in [0.717, 1.165) is 12.2 Å². The Morgan fingerprint density at radius 3 is 2.25 bits per heavy atom. The molecule has 0 aromatic carbocycles. The number of hydrogen-bond acceptors (Lipinski definition) is 4. The standard InChI is InChI=1S/C7H5NO4/c8-4-2-6(10)5(9)1-3(4)7(11)12/h1-2H,8H2,(H,11,12). The maximum absolute atomic E-state index is 10.7. The Morgan fingerprint density at radius 1 is 1.25 bits per heavy atom. The molecule has 5 heteroatoms. The maximum Gasteiger partial charge on any atom is 0.337 e. The van der Waals surface area contributed by atoms with Crippen LogP contribution in [-0.2, 0) is 14.4 Å². The van der Waals surface area contributed by atoms with Crippen LogP contribution in [0.15, 0.2) is 23.4 Å². The lowest BCUT2D eigenvalue weighted by atomic mass is 10.0. The molecule has 0 fully saturated rings. The molecule has 3 N–H and O–H groups in total. The van der Waals surface area contributed by atoms with Crippen LogP contribution in [0.4, 0.5) is 0 Å². The lowest BCUT2D eigenvalue weighted by Crippen LogP contribution is -2.22. The van der Waals surface area contributed by atoms with Gasteiger partial charge in [-0.1, -0.05) is 0 Å². The van der Waals surface area contributed by atoms with Crippen LogP contribution in [0.1, 0.15) is 0 Å². The molecule has 0 aromatic rings. The van der Waals surface area contributed by atoms with E-state index >= 15 is 0 Å². The van der Waals surface area contributed by atoms with E-state index in [2.05, 4.69) is 0 Å². The summed E-state index contributed by atoms with van der Waals surface area (Å²) in [6.45, 7) is 0. The van der Waals surface area contributed by atoms with Gasteiger partial charge < -0.3 is 10.8 Å². The van der Waals surface area contributed by atoms with Crippen molar-refractivity contribution >= 4 is 17.5 Å². The van der Waals surface area contributed by atoms with Crippen molar-refractivity contribution in [3.05, 3.63) is 23.4 Å². The predicted octanol–water partition coefficient (Wildman–Crippen LogP) is -1.01. The molecule has 62 valence electrons. The van der Waals surface area contributed by atoms with E-state index < -0.39 is 17.5 Å². The number of rotatable bonds is 1. The molecule has 5 nitrogen and oxygen atoms in total. The topological polar surface area (TPSA) is 97.5 Å². The first-order valence-corrected chi connectivity index (χ1v) is 3.03. The summed E-state index contributed by atoms with van der Waals surface area (Å²) in [5.74, 6) is -2.97. The zero-order valence-corrected chi connectivity index (χ0v) is 5.90. The highest BCUT2D eigenvalue weighted by molar-refractivity contribution is 6.47. The lowest BCUT2D eigenvalue weighted by Gasteiger charge is -2.05. The molecule has 0 unspecified atom stereocenters. The van der Waals surface area contributed by atoms with Gasteiger partial charge in [0.1, 0.15) is 0 Å². The summed E-state index contributed by atoms with van der Waals surface area (Å²) < 4.78 is 0. The van der Waals surface area contributed by atoms with E-state index in [4.69, 9.17) is 10.8 Å². The summed E-state index contributed by atoms with van der Waals surface area (Å²) in [6.07, 6.45) is 1.53. The van der Waals surface area contributed by atoms with Gasteiger partial charge in [-0.15, -0.1) is 0 Å². The van der Waals surface area contributed by atoms with Crippen LogP contribution in [-0.4, -0.2) is 22.6 Å². The van der Waals surface area contributed by atoms with E-state index in [9.17, 15) is 14.4 Å². The number of hydrogen-bond donors (Lipinski definition) is 2. The monoisotopic (exact) mass is 167 g/mol. The van der Waals surface area contributed by atoms with E-state index in [1.54, 1.807) is 0 Å². The van der Waals surface area contributed by atoms with E-state index in [1.165, 1.54) is 0 Å². The molecule has 0 spiro atoms. The van der Waals surface area contributed by atoms with Crippen LogP contribution in [0.5, 0.6) is 0 Å². The van der Waals surface area contributed by atoms with Crippen molar-refractivity contribution < 1.29 is 19.5 Å². The fourth-order valence-corrected chi connectivity index (χ4v) is 0.761. The molecular formula is C7H5NO4. The van der Waals surface area contributed by atoms with Gasteiger partial charge in [0.25, 0.3) is 0 Å². The van der Waals surface area contributed by atoms with Crippen LogP contribution >= 0.6 is 0 Å². The fourth-order valence-electron chi connectivity index (χ4n) is 0.761. The molecular weight excluding hydrogens is 162 g/mol. The van der Waals surface area contributed by atoms with E-state index in [1.807, 2.05) is 0 Å². The highest BCUT2D eigenvalue weighted by Gasteiger charge is 2.22. The Labute approximate surface area is 67.2 Å². The Bertz CT molecular complexity index is 337. The third-order valence-electron chi connectivity index (χ3n) is 1.35. The Balaban J connectivity index is 3.13. The first-order chi connectivity index (χ1) is 5.52. The molecule has 1 rings (SSSR count). The zero-order chi connectivity index (χ0) is 9.30. The molecule has 0 aromatic heterocycles. The third kappa shape index (κ3) is 1.24. The Kier molecular flexibility index (Phi) is 1.78. The van der Waals surface area contributed by atoms with Crippen molar-refractivity contribution in [3.8, 4) is 0 Å². The van der Waals surface area contributed by atoms with Crippen molar-refractivity contribution in [1.29, 1.82) is 0 Å². The maximum atomic E-state index is 10.7. The normalized spacial score (nSPS) is 17.0. The first kappa shape index (κ1) is 8.19. The quantitative estimate of drug-likeness (QED) is 0.385. The lowest BCUT2D eigenvalue weighted by molar-refractivity contribution is -0.133. The smallest absolute Gasteiger partial charge is 0.337 e. The van der Waals surface area contributed by atoms with Crippen LogP contribution in [0, 0.1) is 0 Å². The molecule has 0 atom stereocenters. The molecule has 0 aliphatic heterocycles. The van der Waals surface area contributed by atoms with Crippen LogP contribution < -0.4 is 5.73 Å². The number of carboxylic acid groups (broad SMARTS) is 1. The number of nitrogens with two attached hydrogens (primary N) is 1. The molecule has 0 saturated carbocycles. The van der Waals surface area contributed by atoms with E-state index in [0.29, 0.717) is 0 Å². The van der Waals surface area contributed by atoms with Gasteiger partial charge in [-0.3, -0.25) is 9.59 Å². The molecule has 0 radical (unpaired) electrons. The highest BCUT2D eigenvalue weighted by Crippen LogP contribution is 2.09. The van der Waals surface area contributed by atoms with Gasteiger partial charge >= 0.3 is 5.97 Å². The van der Waals surface area contributed by atoms with Crippen molar-refractivity contribution in [1.82, 2.24) is 0 Å². The highest BCUT2D eigenvalue weighted by atomic mass is 16.4. The molecule has 1 aliphatic rings. The summed E-state index contributed by atoms with van der Waals surface area (Å²) in [4.78, 5) is 31.7. The summed E-state index contributed by atoms with van der Waals surface area (Å²) in [6, 6.07) is 0. The zero-order valence-electron chi connectivity index (χ0n) is 5.90. The predicted molar refractivity (Wildman–Crippen MR) is 38.0 cm³/mol. The minimum atomic E-state index is -1.32. The van der Waals surface area contributed by atoms with Gasteiger partial charge in [0.05, 0.1) is 11.3 Å². The van der Waals surface area contributed by atoms with Crippen molar-refractivity contribution in [3.63, 3.8) is 0 Å². The number of carbonyl (C=O) groups excluding carboxylic acids is 2. The second-order valence-corrected chi connectivity index (χ2v) is 2.19. The van der Waals surface area contributed by atoms with Gasteiger partial charge in [-0.05, 0) is 0 Å². The summed E-state index contributed by atoms with van der Waals surface area (Å²) in [5.41, 5.74) is 4.65. The molecule has 1 aliphatic carbocycles. The van der Waals surface area contributed by atoms with Gasteiger partial charge in [-0.2, -0.15) is 0 Å². The van der Waals surface area contributed by atoms with Crippen molar-refractivity contribution in [2.24, 2.45) is 5.73 Å². The molecule has 0 amide bonds. The number of aliphatic carboxylic acids is 1. The molecule has 0 bridgehead atoms. The van der Waals surface area contributed by atoms with Crippen molar-refractivity contribution in [2.45, 2.75) is 0 Å². The average Bonchev–Trinajstić information content (AvgIpc) is 1.96. The van der Waals surface area contributed by atoms with Crippen LogP contribution in [0.2, 0.25) is 0 Å². The summed E-state index contributed by atoms with van der Waals surface area (Å²) >= 11 is 0. The molecule has 0 saturated heterocycles. The second kappa shape index (κ2) is 2.61. The second-order valence-electron chi connectivity index (χ2n) is 2.19. The first-order valence-electron chi connectivity index (χ1n) is 3.03. The summed E-state index contributed by atoms with van der Waals surface area (Å²) in [5, 5.41) is 8.46. The minimum absolute atomic E-state index is 0.188. The number of ketones is 2. The van der Waals surface area contributed by atoms with Gasteiger partial charge in [0.2, 0.25) is 11.6 Å². The molecule has 12 heavy (non-hydrogen) atoms. The van der Waals surface area contributed by atoms with Gasteiger partial charge in [0, 0.05) is 12.2 Å². The number of carboxylic acids is 1. The van der Waals surface area contributed by atoms with Gasteiger partial charge in [0.15, 0.2) is 0 Å². The fraction of sp³-hybridized carbons (Fsp3) is 0. The van der Waals surface area contributed by atoms with E-state index in [-0.39, 0.29) is 11.3 Å². The SMILES string of the molecule is NC1=CC(=O)C(=O)C=C1C(=O)O. The van der Waals surface area contributed by atoms with Crippen LogP contribution in [0.3, 0.4) is 0 Å². The van der Waals surface area contributed by atoms with Crippen LogP contribution in [0.25, 0.3) is 0 Å². The molecule has 0 heterocycles.